The molecule has 0 aliphatic carbocycles. The molecule has 76 valence electrons. The summed E-state index contributed by atoms with van der Waals surface area (Å²) in [5.41, 5.74) is 0.810. The molecule has 0 aliphatic heterocycles. The maximum atomic E-state index is 10.3. The lowest BCUT2D eigenvalue weighted by Gasteiger charge is -2.06. The molecule has 14 heavy (non-hydrogen) atoms. The lowest BCUT2D eigenvalue weighted by Crippen LogP contribution is -2.08. The summed E-state index contributed by atoms with van der Waals surface area (Å²) in [6, 6.07) is 3.05. The molecule has 1 aromatic rings. The van der Waals surface area contributed by atoms with Gasteiger partial charge in [-0.25, -0.2) is 0 Å². The van der Waals surface area contributed by atoms with E-state index in [1.165, 1.54) is 12.3 Å². The first-order valence-electron chi connectivity index (χ1n) is 4.44. The molecule has 0 spiro atoms. The van der Waals surface area contributed by atoms with E-state index in [-0.39, 0.29) is 5.82 Å². The van der Waals surface area contributed by atoms with E-state index >= 15 is 0 Å². The normalized spacial score (nSPS) is 10.2. The predicted molar refractivity (Wildman–Crippen MR) is 54.2 cm³/mol. The largest absolute Gasteiger partial charge is 0.382 e. The smallest absolute Gasteiger partial charge is 0.363 e. The Bertz CT molecular complexity index is 308. The van der Waals surface area contributed by atoms with Crippen molar-refractivity contribution in [3.8, 4) is 0 Å². The van der Waals surface area contributed by atoms with Gasteiger partial charge < -0.3 is 15.4 Å². The molecule has 1 rings (SSSR count). The lowest BCUT2D eigenvalue weighted by molar-refractivity contribution is -0.389. The van der Waals surface area contributed by atoms with Crippen LogP contribution in [0.4, 0.5) is 11.5 Å². The number of nitro groups is 1. The Morgan fingerprint density at radius 1 is 1.57 bits per heavy atom. The topological polar surface area (TPSA) is 68.1 Å². The van der Waals surface area contributed by atoms with Crippen LogP contribution < -0.4 is 5.32 Å². The van der Waals surface area contributed by atoms with Crippen LogP contribution in [0.1, 0.15) is 13.8 Å². The molecule has 1 heterocycles. The van der Waals surface area contributed by atoms with Crippen LogP contribution in [0.25, 0.3) is 0 Å². The highest BCUT2D eigenvalue weighted by Gasteiger charge is 2.05. The maximum Gasteiger partial charge on any atom is 0.363 e. The summed E-state index contributed by atoms with van der Waals surface area (Å²) in [6.07, 6.45) is 1.47. The zero-order chi connectivity index (χ0) is 10.6. The number of hydrogen-bond acceptors (Lipinski definition) is 4. The molecule has 0 aliphatic rings. The molecule has 0 saturated heterocycles. The number of aromatic nitrogens is 1. The molecule has 0 aromatic carbocycles. The molecule has 1 N–H and O–H groups in total. The van der Waals surface area contributed by atoms with E-state index in [4.69, 9.17) is 0 Å². The number of nitrogens with zero attached hydrogens (tertiary/aromatic N) is 2. The molecule has 5 nitrogen and oxygen atoms in total. The van der Waals surface area contributed by atoms with Gasteiger partial charge in [-0.15, -0.1) is 0 Å². The van der Waals surface area contributed by atoms with Crippen LogP contribution in [0.15, 0.2) is 18.3 Å². The van der Waals surface area contributed by atoms with Crippen LogP contribution in [0.2, 0.25) is 0 Å². The fourth-order valence-corrected chi connectivity index (χ4v) is 0.921. The van der Waals surface area contributed by atoms with Crippen LogP contribution in [0.5, 0.6) is 0 Å². The van der Waals surface area contributed by atoms with E-state index in [0.717, 1.165) is 12.2 Å². The zero-order valence-electron chi connectivity index (χ0n) is 8.23. The van der Waals surface area contributed by atoms with E-state index in [2.05, 4.69) is 24.1 Å². The number of nitrogens with one attached hydrogen (secondary N) is 1. The molecule has 0 saturated carbocycles. The molecule has 0 fully saturated rings. The third kappa shape index (κ3) is 3.01. The molecule has 0 atom stereocenters. The van der Waals surface area contributed by atoms with Gasteiger partial charge in [0.1, 0.15) is 0 Å². The second-order valence-electron chi connectivity index (χ2n) is 3.44. The summed E-state index contributed by atoms with van der Waals surface area (Å²) in [5, 5.41) is 13.4. The summed E-state index contributed by atoms with van der Waals surface area (Å²) in [6.45, 7) is 5.01. The molecule has 0 radical (unpaired) electrons. The van der Waals surface area contributed by atoms with E-state index < -0.39 is 4.92 Å². The Morgan fingerprint density at radius 2 is 2.29 bits per heavy atom. The lowest BCUT2D eigenvalue weighted by atomic mass is 10.2. The van der Waals surface area contributed by atoms with Gasteiger partial charge in [-0.2, -0.15) is 0 Å². The number of hydrogen-bond donors (Lipinski definition) is 1. The first kappa shape index (κ1) is 10.4. The Balaban J connectivity index is 2.60. The second kappa shape index (κ2) is 4.55. The van der Waals surface area contributed by atoms with Crippen molar-refractivity contribution in [3.63, 3.8) is 0 Å². The fourth-order valence-electron chi connectivity index (χ4n) is 0.921. The molecule has 0 unspecified atom stereocenters. The summed E-state index contributed by atoms with van der Waals surface area (Å²) in [5.74, 6) is 0.408. The second-order valence-corrected chi connectivity index (χ2v) is 3.44. The van der Waals surface area contributed by atoms with Gasteiger partial charge in [0, 0.05) is 12.6 Å². The van der Waals surface area contributed by atoms with E-state index in [0.29, 0.717) is 5.92 Å². The first-order chi connectivity index (χ1) is 6.59. The van der Waals surface area contributed by atoms with Gasteiger partial charge >= 0.3 is 5.82 Å². The molecule has 0 bridgehead atoms. The molecule has 5 heteroatoms. The quantitative estimate of drug-likeness (QED) is 0.589. The van der Waals surface area contributed by atoms with E-state index in [1.807, 2.05) is 0 Å². The Labute approximate surface area is 82.3 Å². The van der Waals surface area contributed by atoms with Crippen molar-refractivity contribution in [2.45, 2.75) is 13.8 Å². The van der Waals surface area contributed by atoms with Gasteiger partial charge in [0.15, 0.2) is 6.20 Å². The van der Waals surface area contributed by atoms with Gasteiger partial charge in [-0.05, 0) is 21.9 Å². The van der Waals surface area contributed by atoms with Crippen molar-refractivity contribution in [2.24, 2.45) is 5.92 Å². The summed E-state index contributed by atoms with van der Waals surface area (Å²) >= 11 is 0. The Hall–Kier alpha value is -1.65. The van der Waals surface area contributed by atoms with Crippen molar-refractivity contribution >= 4 is 11.5 Å². The van der Waals surface area contributed by atoms with Crippen molar-refractivity contribution in [1.82, 2.24) is 4.98 Å². The molecule has 1 aromatic heterocycles. The molecule has 0 amide bonds. The highest BCUT2D eigenvalue weighted by atomic mass is 16.6. The first-order valence-corrected chi connectivity index (χ1v) is 4.44. The minimum atomic E-state index is -0.508. The number of anilines is 1. The molecular weight excluding hydrogens is 182 g/mol. The average molecular weight is 195 g/mol. The predicted octanol–water partition coefficient (Wildman–Crippen LogP) is 2.06. The van der Waals surface area contributed by atoms with Gasteiger partial charge in [0.2, 0.25) is 0 Å². The Morgan fingerprint density at radius 3 is 2.71 bits per heavy atom. The minimum Gasteiger partial charge on any atom is -0.382 e. The monoisotopic (exact) mass is 195 g/mol. The SMILES string of the molecule is CC(C)CNc1ccc([N+](=O)[O-])nc1. The van der Waals surface area contributed by atoms with Gasteiger partial charge in [-0.1, -0.05) is 13.8 Å². The number of rotatable bonds is 4. The van der Waals surface area contributed by atoms with Crippen LogP contribution in [0.3, 0.4) is 0 Å². The van der Waals surface area contributed by atoms with Crippen molar-refractivity contribution in [1.29, 1.82) is 0 Å². The highest BCUT2D eigenvalue weighted by Crippen LogP contribution is 2.11. The Kier molecular flexibility index (Phi) is 3.39. The van der Waals surface area contributed by atoms with Crippen LogP contribution in [-0.4, -0.2) is 16.5 Å². The highest BCUT2D eigenvalue weighted by molar-refractivity contribution is 5.43. The zero-order valence-corrected chi connectivity index (χ0v) is 8.23. The van der Waals surface area contributed by atoms with Crippen molar-refractivity contribution < 1.29 is 4.92 Å². The van der Waals surface area contributed by atoms with Crippen LogP contribution in [-0.2, 0) is 0 Å². The summed E-state index contributed by atoms with van der Waals surface area (Å²) < 4.78 is 0. The van der Waals surface area contributed by atoms with Crippen molar-refractivity contribution in [2.75, 3.05) is 11.9 Å². The molecular formula is C9H13N3O2. The van der Waals surface area contributed by atoms with Gasteiger partial charge in [0.05, 0.1) is 5.69 Å². The van der Waals surface area contributed by atoms with E-state index in [9.17, 15) is 10.1 Å². The fraction of sp³-hybridized carbons (Fsp3) is 0.444. The van der Waals surface area contributed by atoms with Gasteiger partial charge in [0.25, 0.3) is 0 Å². The average Bonchev–Trinajstić information content (AvgIpc) is 2.15. The maximum absolute atomic E-state index is 10.3. The third-order valence-electron chi connectivity index (χ3n) is 1.65. The summed E-state index contributed by atoms with van der Waals surface area (Å²) in [7, 11) is 0. The van der Waals surface area contributed by atoms with Gasteiger partial charge in [-0.3, -0.25) is 0 Å². The minimum absolute atomic E-state index is 0.125. The van der Waals surface area contributed by atoms with Crippen LogP contribution in [0, 0.1) is 16.0 Å². The summed E-state index contributed by atoms with van der Waals surface area (Å²) in [4.78, 5) is 13.5. The van der Waals surface area contributed by atoms with Crippen LogP contribution >= 0.6 is 0 Å². The van der Waals surface area contributed by atoms with Crippen molar-refractivity contribution in [3.05, 3.63) is 28.4 Å². The van der Waals surface area contributed by atoms with E-state index in [1.54, 1.807) is 6.07 Å². The number of pyridine rings is 1. The standard InChI is InChI=1S/C9H13N3O2/c1-7(2)5-10-8-3-4-9(11-6-8)12(13)14/h3-4,6-7,10H,5H2,1-2H3. The third-order valence-corrected chi connectivity index (χ3v) is 1.65.